The Bertz CT molecular complexity index is 1480. The number of benzene rings is 4. The lowest BCUT2D eigenvalue weighted by Crippen LogP contribution is -2.21. The summed E-state index contributed by atoms with van der Waals surface area (Å²) in [7, 11) is 0. The number of phenolic OH excluding ortho intramolecular Hbond substituents is 4. The predicted octanol–water partition coefficient (Wildman–Crippen LogP) is 10.5. The second kappa shape index (κ2) is 10.8. The zero-order chi connectivity index (χ0) is 29.1. The van der Waals surface area contributed by atoms with Crippen molar-refractivity contribution in [2.45, 2.75) is 47.0 Å². The molecule has 204 valence electrons. The number of rotatable bonds is 4. The minimum absolute atomic E-state index is 0.0897. The predicted molar refractivity (Wildman–Crippen MR) is 172 cm³/mol. The summed E-state index contributed by atoms with van der Waals surface area (Å²) in [4.78, 5) is 0. The van der Waals surface area contributed by atoms with E-state index in [-0.39, 0.29) is 23.0 Å². The molecule has 39 heavy (non-hydrogen) atoms. The zero-order valence-electron chi connectivity index (χ0n) is 22.3. The van der Waals surface area contributed by atoms with Crippen molar-refractivity contribution in [3.8, 4) is 45.3 Å². The molecule has 0 bridgehead atoms. The fourth-order valence-corrected chi connectivity index (χ4v) is 8.02. The molecule has 4 aromatic carbocycles. The topological polar surface area (TPSA) is 80.9 Å². The van der Waals surface area contributed by atoms with Gasteiger partial charge in [0.25, 0.3) is 0 Å². The Morgan fingerprint density at radius 1 is 0.487 bits per heavy atom. The first-order valence-electron chi connectivity index (χ1n) is 12.1. The van der Waals surface area contributed by atoms with E-state index in [1.165, 1.54) is 0 Å². The van der Waals surface area contributed by atoms with Gasteiger partial charge in [-0.05, 0) is 115 Å². The molecular weight excluding hydrogens is 756 g/mol. The highest BCUT2D eigenvalue weighted by atomic mass is 79.9. The van der Waals surface area contributed by atoms with E-state index in [0.29, 0.717) is 51.3 Å². The summed E-state index contributed by atoms with van der Waals surface area (Å²) in [6, 6.07) is 10.8. The molecule has 4 nitrogen and oxygen atoms in total. The molecule has 0 aromatic heterocycles. The van der Waals surface area contributed by atoms with Crippen LogP contribution >= 0.6 is 63.7 Å². The van der Waals surface area contributed by atoms with Crippen molar-refractivity contribution in [3.05, 3.63) is 87.7 Å². The lowest BCUT2D eigenvalue weighted by Gasteiger charge is -2.33. The molecule has 0 aliphatic rings. The maximum atomic E-state index is 11.3. The van der Waals surface area contributed by atoms with E-state index < -0.39 is 5.41 Å². The highest BCUT2D eigenvalue weighted by Gasteiger charge is 2.34. The van der Waals surface area contributed by atoms with Crippen molar-refractivity contribution in [2.24, 2.45) is 0 Å². The van der Waals surface area contributed by atoms with Gasteiger partial charge < -0.3 is 20.4 Å². The van der Waals surface area contributed by atoms with Crippen LogP contribution in [0.3, 0.4) is 0 Å². The molecule has 0 saturated carbocycles. The molecule has 0 atom stereocenters. The SMILES string of the molecule is Cc1c(O)c(C)c(Br)c(-c2c(O)cccc2C(C)(C)c2cccc(O)c2-c2c(Br)c(C)c(O)c(C)c2Br)c1Br. The molecular formula is C31H28Br4O4. The molecule has 0 saturated heterocycles. The van der Waals surface area contributed by atoms with Crippen molar-refractivity contribution in [1.82, 2.24) is 0 Å². The molecule has 0 fully saturated rings. The van der Waals surface area contributed by atoms with Crippen molar-refractivity contribution in [2.75, 3.05) is 0 Å². The third kappa shape index (κ3) is 4.71. The first-order valence-corrected chi connectivity index (χ1v) is 15.3. The average Bonchev–Trinajstić information content (AvgIpc) is 2.90. The summed E-state index contributed by atoms with van der Waals surface area (Å²) in [5.41, 5.74) is 6.23. The van der Waals surface area contributed by atoms with Gasteiger partial charge in [0.15, 0.2) is 0 Å². The van der Waals surface area contributed by atoms with Crippen LogP contribution < -0.4 is 0 Å². The van der Waals surface area contributed by atoms with Crippen LogP contribution in [0.1, 0.15) is 47.2 Å². The summed E-state index contributed by atoms with van der Waals surface area (Å²) in [6.07, 6.45) is 0. The molecule has 0 amide bonds. The summed E-state index contributed by atoms with van der Waals surface area (Å²) < 4.78 is 2.68. The minimum atomic E-state index is -0.737. The lowest BCUT2D eigenvalue weighted by molar-refractivity contribution is 0.465. The van der Waals surface area contributed by atoms with Crippen LogP contribution in [-0.4, -0.2) is 20.4 Å². The van der Waals surface area contributed by atoms with E-state index >= 15 is 0 Å². The zero-order valence-corrected chi connectivity index (χ0v) is 28.6. The second-order valence-corrected chi connectivity index (χ2v) is 13.4. The van der Waals surface area contributed by atoms with Gasteiger partial charge in [-0.2, -0.15) is 0 Å². The van der Waals surface area contributed by atoms with Gasteiger partial charge in [-0.25, -0.2) is 0 Å². The Morgan fingerprint density at radius 3 is 1.05 bits per heavy atom. The van der Waals surface area contributed by atoms with E-state index in [9.17, 15) is 20.4 Å². The van der Waals surface area contributed by atoms with Gasteiger partial charge in [0.1, 0.15) is 23.0 Å². The largest absolute Gasteiger partial charge is 0.507 e. The van der Waals surface area contributed by atoms with Crippen LogP contribution in [0.15, 0.2) is 54.3 Å². The first kappa shape index (κ1) is 30.0. The molecule has 0 unspecified atom stereocenters. The van der Waals surface area contributed by atoms with Crippen LogP contribution in [-0.2, 0) is 5.41 Å². The van der Waals surface area contributed by atoms with E-state index in [2.05, 4.69) is 63.7 Å². The summed E-state index contributed by atoms with van der Waals surface area (Å²) in [6.45, 7) is 11.4. The molecule has 0 aliphatic carbocycles. The third-order valence-corrected chi connectivity index (χ3v) is 11.5. The average molecular weight is 784 g/mol. The number of hydrogen-bond acceptors (Lipinski definition) is 4. The molecule has 4 aromatic rings. The molecule has 8 heteroatoms. The van der Waals surface area contributed by atoms with Crippen LogP contribution in [0.2, 0.25) is 0 Å². The Labute approximate surface area is 262 Å². The number of hydrogen-bond donors (Lipinski definition) is 4. The Balaban J connectivity index is 2.12. The maximum absolute atomic E-state index is 11.3. The van der Waals surface area contributed by atoms with Crippen LogP contribution in [0.25, 0.3) is 22.3 Å². The van der Waals surface area contributed by atoms with Gasteiger partial charge in [-0.3, -0.25) is 0 Å². The standard InChI is InChI=1S/C31H28Br4O4/c1-13-25(32)23(26(33)14(2)29(13)38)21-17(9-7-11-19(21)36)31(5,6)18-10-8-12-20(37)22(18)24-27(34)15(3)30(39)16(4)28(24)35/h7-12,36-39H,1-6H3. The van der Waals surface area contributed by atoms with Crippen LogP contribution in [0.5, 0.6) is 23.0 Å². The maximum Gasteiger partial charge on any atom is 0.123 e. The van der Waals surface area contributed by atoms with Crippen molar-refractivity contribution < 1.29 is 20.4 Å². The van der Waals surface area contributed by atoms with Gasteiger partial charge >= 0.3 is 0 Å². The monoisotopic (exact) mass is 780 g/mol. The van der Waals surface area contributed by atoms with Crippen LogP contribution in [0, 0.1) is 27.7 Å². The van der Waals surface area contributed by atoms with Gasteiger partial charge in [-0.15, -0.1) is 0 Å². The minimum Gasteiger partial charge on any atom is -0.507 e. The van der Waals surface area contributed by atoms with E-state index in [0.717, 1.165) is 22.3 Å². The van der Waals surface area contributed by atoms with Gasteiger partial charge in [0, 0.05) is 67.8 Å². The highest BCUT2D eigenvalue weighted by Crippen LogP contribution is 2.54. The van der Waals surface area contributed by atoms with Gasteiger partial charge in [0.2, 0.25) is 0 Å². The summed E-state index contributed by atoms with van der Waals surface area (Å²) in [5.74, 6) is 0.534. The Kier molecular flexibility index (Phi) is 8.27. The van der Waals surface area contributed by atoms with Gasteiger partial charge in [0.05, 0.1) is 0 Å². The van der Waals surface area contributed by atoms with Crippen molar-refractivity contribution >= 4 is 63.7 Å². The summed E-state index contributed by atoms with van der Waals surface area (Å²) in [5, 5.41) is 43.9. The van der Waals surface area contributed by atoms with E-state index in [1.54, 1.807) is 24.3 Å². The molecule has 4 rings (SSSR count). The lowest BCUT2D eigenvalue weighted by atomic mass is 9.72. The quantitative estimate of drug-likeness (QED) is 0.166. The number of halogens is 4. The Hall–Kier alpha value is -2.00. The van der Waals surface area contributed by atoms with Crippen molar-refractivity contribution in [1.29, 1.82) is 0 Å². The molecule has 0 spiro atoms. The van der Waals surface area contributed by atoms with Gasteiger partial charge in [-0.1, -0.05) is 38.1 Å². The number of aromatic hydroxyl groups is 4. The third-order valence-electron chi connectivity index (χ3n) is 7.55. The first-order chi connectivity index (χ1) is 18.1. The normalized spacial score (nSPS) is 11.7. The molecule has 0 heterocycles. The fraction of sp³-hybridized carbons (Fsp3) is 0.226. The van der Waals surface area contributed by atoms with E-state index in [4.69, 9.17) is 0 Å². The van der Waals surface area contributed by atoms with Crippen LogP contribution in [0.4, 0.5) is 0 Å². The van der Waals surface area contributed by atoms with Crippen molar-refractivity contribution in [3.63, 3.8) is 0 Å². The molecule has 0 aliphatic heterocycles. The molecule has 0 radical (unpaired) electrons. The summed E-state index contributed by atoms with van der Waals surface area (Å²) >= 11 is 14.7. The van der Waals surface area contributed by atoms with E-state index in [1.807, 2.05) is 53.7 Å². The Morgan fingerprint density at radius 2 is 0.769 bits per heavy atom. The second-order valence-electron chi connectivity index (χ2n) is 10.2. The number of phenols is 4. The smallest absolute Gasteiger partial charge is 0.123 e. The fourth-order valence-electron chi connectivity index (χ4n) is 5.15. The highest BCUT2D eigenvalue weighted by molar-refractivity contribution is 9.11. The molecule has 4 N–H and O–H groups in total.